The van der Waals surface area contributed by atoms with Gasteiger partial charge in [-0.25, -0.2) is 4.79 Å². The highest BCUT2D eigenvalue weighted by atomic mass is 16.4. The van der Waals surface area contributed by atoms with E-state index in [9.17, 15) is 4.79 Å². The Balaban J connectivity index is 2.28. The molecule has 0 aliphatic rings. The van der Waals surface area contributed by atoms with E-state index in [4.69, 9.17) is 10.8 Å². The lowest BCUT2D eigenvalue weighted by Crippen LogP contribution is -1.99. The van der Waals surface area contributed by atoms with Crippen LogP contribution in [0, 0.1) is 6.92 Å². The smallest absolute Gasteiger partial charge is 0.335 e. The van der Waals surface area contributed by atoms with Crippen LogP contribution in [-0.2, 0) is 0 Å². The highest BCUT2D eigenvalue weighted by Crippen LogP contribution is 2.24. The van der Waals surface area contributed by atoms with E-state index < -0.39 is 5.97 Å². The van der Waals surface area contributed by atoms with Gasteiger partial charge in [0, 0.05) is 5.69 Å². The number of rotatable bonds is 3. The first-order valence-corrected chi connectivity index (χ1v) is 5.53. The maximum atomic E-state index is 10.9. The normalized spacial score (nSPS) is 10.1. The lowest BCUT2D eigenvalue weighted by Gasteiger charge is -2.10. The number of benzene rings is 2. The van der Waals surface area contributed by atoms with E-state index in [1.165, 1.54) is 0 Å². The van der Waals surface area contributed by atoms with Crippen molar-refractivity contribution in [1.82, 2.24) is 0 Å². The number of nitrogens with two attached hydrogens (primary N) is 1. The number of carboxylic acids is 1. The van der Waals surface area contributed by atoms with Gasteiger partial charge in [-0.1, -0.05) is 12.1 Å². The fourth-order valence-electron chi connectivity index (χ4n) is 1.68. The van der Waals surface area contributed by atoms with E-state index in [1.54, 1.807) is 24.3 Å². The molecule has 0 saturated heterocycles. The zero-order valence-electron chi connectivity index (χ0n) is 9.97. The Bertz CT molecular complexity index is 594. The first-order chi connectivity index (χ1) is 8.56. The third kappa shape index (κ3) is 2.60. The summed E-state index contributed by atoms with van der Waals surface area (Å²) in [6.07, 6.45) is 0. The van der Waals surface area contributed by atoms with Gasteiger partial charge in [0.2, 0.25) is 0 Å². The van der Waals surface area contributed by atoms with Crippen LogP contribution in [0.5, 0.6) is 0 Å². The molecule has 4 heteroatoms. The third-order valence-corrected chi connectivity index (χ3v) is 2.60. The van der Waals surface area contributed by atoms with Crippen LogP contribution >= 0.6 is 0 Å². The van der Waals surface area contributed by atoms with Crippen LogP contribution in [0.25, 0.3) is 0 Å². The van der Waals surface area contributed by atoms with Crippen LogP contribution in [-0.4, -0.2) is 11.1 Å². The third-order valence-electron chi connectivity index (χ3n) is 2.60. The van der Waals surface area contributed by atoms with Crippen molar-refractivity contribution in [3.8, 4) is 0 Å². The largest absolute Gasteiger partial charge is 0.478 e. The van der Waals surface area contributed by atoms with Crippen LogP contribution in [0.4, 0.5) is 17.1 Å². The second kappa shape index (κ2) is 4.79. The van der Waals surface area contributed by atoms with Crippen LogP contribution in [0.1, 0.15) is 15.9 Å². The van der Waals surface area contributed by atoms with Gasteiger partial charge < -0.3 is 16.2 Å². The predicted molar refractivity (Wildman–Crippen MR) is 72.3 cm³/mol. The monoisotopic (exact) mass is 242 g/mol. The molecule has 18 heavy (non-hydrogen) atoms. The summed E-state index contributed by atoms with van der Waals surface area (Å²) in [6, 6.07) is 12.3. The molecule has 0 aliphatic heterocycles. The number of carboxylic acid groups (broad SMARTS) is 1. The molecule has 0 radical (unpaired) electrons. The van der Waals surface area contributed by atoms with E-state index in [0.29, 0.717) is 11.4 Å². The van der Waals surface area contributed by atoms with Crippen molar-refractivity contribution in [1.29, 1.82) is 0 Å². The van der Waals surface area contributed by atoms with Gasteiger partial charge in [0.1, 0.15) is 0 Å². The number of carbonyl (C=O) groups is 1. The van der Waals surface area contributed by atoms with Crippen LogP contribution in [0.3, 0.4) is 0 Å². The summed E-state index contributed by atoms with van der Waals surface area (Å²) >= 11 is 0. The van der Waals surface area contributed by atoms with Crippen LogP contribution in [0.2, 0.25) is 0 Å². The average molecular weight is 242 g/mol. The van der Waals surface area contributed by atoms with Crippen molar-refractivity contribution in [2.45, 2.75) is 6.92 Å². The first kappa shape index (κ1) is 12.0. The molecule has 0 saturated carbocycles. The molecule has 2 rings (SSSR count). The Labute approximate surface area is 105 Å². The van der Waals surface area contributed by atoms with Crippen molar-refractivity contribution >= 4 is 23.0 Å². The van der Waals surface area contributed by atoms with E-state index in [2.05, 4.69) is 5.32 Å². The van der Waals surface area contributed by atoms with Gasteiger partial charge in [0.15, 0.2) is 0 Å². The van der Waals surface area contributed by atoms with Gasteiger partial charge in [-0.3, -0.25) is 0 Å². The van der Waals surface area contributed by atoms with E-state index in [0.717, 1.165) is 11.3 Å². The summed E-state index contributed by atoms with van der Waals surface area (Å²) in [5.74, 6) is -0.949. The summed E-state index contributed by atoms with van der Waals surface area (Å²) < 4.78 is 0. The zero-order chi connectivity index (χ0) is 13.1. The zero-order valence-corrected chi connectivity index (χ0v) is 9.97. The summed E-state index contributed by atoms with van der Waals surface area (Å²) in [6.45, 7) is 1.96. The van der Waals surface area contributed by atoms with Crippen molar-refractivity contribution in [3.63, 3.8) is 0 Å². The SMILES string of the molecule is Cc1ccc(Nc2cccc(C(=O)O)c2)c(N)c1. The molecule has 0 aliphatic carbocycles. The fraction of sp³-hybridized carbons (Fsp3) is 0.0714. The molecule has 0 spiro atoms. The first-order valence-electron chi connectivity index (χ1n) is 5.53. The topological polar surface area (TPSA) is 75.3 Å². The number of hydrogen-bond acceptors (Lipinski definition) is 3. The van der Waals surface area contributed by atoms with Crippen molar-refractivity contribution in [2.24, 2.45) is 0 Å². The predicted octanol–water partition coefficient (Wildman–Crippen LogP) is 3.02. The molecule has 0 unspecified atom stereocenters. The quantitative estimate of drug-likeness (QED) is 0.723. The molecule has 0 atom stereocenters. The van der Waals surface area contributed by atoms with Gasteiger partial charge >= 0.3 is 5.97 Å². The number of aromatic carboxylic acids is 1. The lowest BCUT2D eigenvalue weighted by atomic mass is 10.1. The molecule has 2 aromatic rings. The van der Waals surface area contributed by atoms with Gasteiger partial charge in [-0.2, -0.15) is 0 Å². The van der Waals surface area contributed by atoms with Crippen molar-refractivity contribution in [3.05, 3.63) is 53.6 Å². The number of nitrogen functional groups attached to an aromatic ring is 1. The molecule has 92 valence electrons. The van der Waals surface area contributed by atoms with Gasteiger partial charge in [0.05, 0.1) is 16.9 Å². The minimum atomic E-state index is -0.949. The summed E-state index contributed by atoms with van der Waals surface area (Å²) in [5.41, 5.74) is 9.31. The van der Waals surface area contributed by atoms with Crippen molar-refractivity contribution in [2.75, 3.05) is 11.1 Å². The summed E-state index contributed by atoms with van der Waals surface area (Å²) in [5, 5.41) is 12.0. The summed E-state index contributed by atoms with van der Waals surface area (Å²) in [4.78, 5) is 10.9. The highest BCUT2D eigenvalue weighted by molar-refractivity contribution is 5.89. The van der Waals surface area contributed by atoms with Gasteiger partial charge in [0.25, 0.3) is 0 Å². The number of nitrogens with one attached hydrogen (secondary N) is 1. The molecule has 0 aromatic heterocycles. The Morgan fingerprint density at radius 3 is 2.67 bits per heavy atom. The Hall–Kier alpha value is -2.49. The maximum Gasteiger partial charge on any atom is 0.335 e. The fourth-order valence-corrected chi connectivity index (χ4v) is 1.68. The molecular formula is C14H14N2O2. The molecule has 0 fully saturated rings. The second-order valence-electron chi connectivity index (χ2n) is 4.10. The standard InChI is InChI=1S/C14H14N2O2/c1-9-5-6-13(12(15)7-9)16-11-4-2-3-10(8-11)14(17)18/h2-8,16H,15H2,1H3,(H,17,18). The van der Waals surface area contributed by atoms with Crippen LogP contribution in [0.15, 0.2) is 42.5 Å². The Kier molecular flexibility index (Phi) is 3.19. The molecule has 0 amide bonds. The van der Waals surface area contributed by atoms with E-state index >= 15 is 0 Å². The molecule has 0 bridgehead atoms. The van der Waals surface area contributed by atoms with Gasteiger partial charge in [-0.05, 0) is 42.8 Å². The van der Waals surface area contributed by atoms with Crippen molar-refractivity contribution < 1.29 is 9.90 Å². The second-order valence-corrected chi connectivity index (χ2v) is 4.10. The molecule has 4 nitrogen and oxygen atoms in total. The molecular weight excluding hydrogens is 228 g/mol. The summed E-state index contributed by atoms with van der Waals surface area (Å²) in [7, 11) is 0. The number of aryl methyl sites for hydroxylation is 1. The maximum absolute atomic E-state index is 10.9. The molecule has 0 heterocycles. The number of anilines is 3. The number of hydrogen-bond donors (Lipinski definition) is 3. The van der Waals surface area contributed by atoms with Crippen LogP contribution < -0.4 is 11.1 Å². The Morgan fingerprint density at radius 2 is 2.00 bits per heavy atom. The highest BCUT2D eigenvalue weighted by Gasteiger charge is 2.04. The average Bonchev–Trinajstić information content (AvgIpc) is 2.33. The van der Waals surface area contributed by atoms with E-state index in [1.807, 2.05) is 25.1 Å². The van der Waals surface area contributed by atoms with E-state index in [-0.39, 0.29) is 5.56 Å². The lowest BCUT2D eigenvalue weighted by molar-refractivity contribution is 0.0697. The Morgan fingerprint density at radius 1 is 1.22 bits per heavy atom. The molecule has 2 aromatic carbocycles. The minimum absolute atomic E-state index is 0.241. The minimum Gasteiger partial charge on any atom is -0.478 e. The molecule has 4 N–H and O–H groups in total. The van der Waals surface area contributed by atoms with Gasteiger partial charge in [-0.15, -0.1) is 0 Å².